The van der Waals surface area contributed by atoms with E-state index in [0.29, 0.717) is 17.4 Å². The first-order valence-electron chi connectivity index (χ1n) is 8.93. The Bertz CT molecular complexity index is 994. The Labute approximate surface area is 158 Å². The Morgan fingerprint density at radius 3 is 2.63 bits per heavy atom. The number of pyridine rings is 1. The molecule has 3 aromatic rings. The van der Waals surface area contributed by atoms with Crippen molar-refractivity contribution in [2.75, 3.05) is 0 Å². The number of rotatable bonds is 5. The van der Waals surface area contributed by atoms with Gasteiger partial charge in [0.05, 0.1) is 5.56 Å². The molecule has 4 heteroatoms. The Hall–Kier alpha value is -3.01. The molecular formula is C23H23FN2O. The van der Waals surface area contributed by atoms with Gasteiger partial charge in [0.25, 0.3) is 5.91 Å². The molecule has 1 amide bonds. The first kappa shape index (κ1) is 18.8. The molecule has 0 radical (unpaired) electrons. The number of carbonyl (C=O) groups excluding carboxylic acids is 1. The van der Waals surface area contributed by atoms with Crippen molar-refractivity contribution in [3.8, 4) is 0 Å². The molecule has 0 saturated carbocycles. The third-order valence-corrected chi connectivity index (χ3v) is 4.31. The van der Waals surface area contributed by atoms with Crippen LogP contribution in [0.15, 0.2) is 66.4 Å². The lowest BCUT2D eigenvalue weighted by molar-refractivity contribution is 0.0913. The summed E-state index contributed by atoms with van der Waals surface area (Å²) in [7, 11) is 0. The molecular weight excluding hydrogens is 339 g/mol. The Morgan fingerprint density at radius 1 is 1.15 bits per heavy atom. The second kappa shape index (κ2) is 7.70. The molecule has 0 bridgehead atoms. The average Bonchev–Trinajstić information content (AvgIpc) is 2.61. The van der Waals surface area contributed by atoms with E-state index in [9.17, 15) is 9.18 Å². The molecule has 2 aromatic carbocycles. The van der Waals surface area contributed by atoms with Gasteiger partial charge < -0.3 is 5.32 Å². The van der Waals surface area contributed by atoms with Crippen LogP contribution in [0.3, 0.4) is 0 Å². The van der Waals surface area contributed by atoms with Crippen LogP contribution in [0.25, 0.3) is 17.0 Å². The molecule has 0 unspecified atom stereocenters. The van der Waals surface area contributed by atoms with Gasteiger partial charge in [-0.15, -0.1) is 0 Å². The molecule has 0 spiro atoms. The van der Waals surface area contributed by atoms with Crippen molar-refractivity contribution < 1.29 is 9.18 Å². The van der Waals surface area contributed by atoms with Gasteiger partial charge in [-0.1, -0.05) is 54.1 Å². The van der Waals surface area contributed by atoms with E-state index in [-0.39, 0.29) is 17.2 Å². The lowest BCUT2D eigenvalue weighted by Crippen LogP contribution is -2.43. The largest absolute Gasteiger partial charge is 0.347 e. The van der Waals surface area contributed by atoms with Crippen LogP contribution in [0.5, 0.6) is 0 Å². The highest BCUT2D eigenvalue weighted by Crippen LogP contribution is 2.20. The van der Waals surface area contributed by atoms with Gasteiger partial charge in [0, 0.05) is 17.1 Å². The molecule has 1 heterocycles. The van der Waals surface area contributed by atoms with Crippen molar-refractivity contribution in [1.82, 2.24) is 10.3 Å². The van der Waals surface area contributed by atoms with E-state index < -0.39 is 5.54 Å². The van der Waals surface area contributed by atoms with Crippen LogP contribution in [0.4, 0.5) is 4.39 Å². The van der Waals surface area contributed by atoms with Gasteiger partial charge in [-0.3, -0.25) is 9.78 Å². The van der Waals surface area contributed by atoms with Crippen LogP contribution in [0.1, 0.15) is 43.1 Å². The summed E-state index contributed by atoms with van der Waals surface area (Å²) in [6.45, 7) is 6.03. The molecule has 0 fully saturated rings. The van der Waals surface area contributed by atoms with Crippen molar-refractivity contribution in [3.63, 3.8) is 0 Å². The smallest absolute Gasteiger partial charge is 0.253 e. The third-order valence-electron chi connectivity index (χ3n) is 4.31. The first-order chi connectivity index (χ1) is 12.8. The Morgan fingerprint density at radius 2 is 1.89 bits per heavy atom. The zero-order valence-corrected chi connectivity index (χ0v) is 15.8. The molecule has 0 aliphatic carbocycles. The summed E-state index contributed by atoms with van der Waals surface area (Å²) >= 11 is 0. The predicted molar refractivity (Wildman–Crippen MR) is 108 cm³/mol. The van der Waals surface area contributed by atoms with E-state index in [1.807, 2.05) is 32.0 Å². The van der Waals surface area contributed by atoms with Gasteiger partial charge >= 0.3 is 0 Å². The quantitative estimate of drug-likeness (QED) is 0.662. The fourth-order valence-corrected chi connectivity index (χ4v) is 3.25. The number of fused-ring (bicyclic) bond motifs is 1. The van der Waals surface area contributed by atoms with Gasteiger partial charge in [0.15, 0.2) is 0 Å². The van der Waals surface area contributed by atoms with Crippen LogP contribution < -0.4 is 5.32 Å². The number of benzene rings is 2. The van der Waals surface area contributed by atoms with Crippen LogP contribution in [-0.4, -0.2) is 16.4 Å². The lowest BCUT2D eigenvalue weighted by Gasteiger charge is -2.27. The number of nitrogens with one attached hydrogen (secondary N) is 1. The van der Waals surface area contributed by atoms with Crippen molar-refractivity contribution >= 4 is 22.9 Å². The minimum Gasteiger partial charge on any atom is -0.347 e. The lowest BCUT2D eigenvalue weighted by atomic mass is 9.94. The highest BCUT2D eigenvalue weighted by atomic mass is 19.1. The van der Waals surface area contributed by atoms with E-state index >= 15 is 0 Å². The van der Waals surface area contributed by atoms with E-state index in [1.165, 1.54) is 17.8 Å². The number of nitrogens with zero attached hydrogens (tertiary/aromatic N) is 1. The topological polar surface area (TPSA) is 42.0 Å². The first-order valence-corrected chi connectivity index (χ1v) is 8.93. The van der Waals surface area contributed by atoms with Crippen molar-refractivity contribution in [2.24, 2.45) is 0 Å². The van der Waals surface area contributed by atoms with Gasteiger partial charge in [-0.25, -0.2) is 4.39 Å². The molecule has 3 nitrogen and oxygen atoms in total. The maximum atomic E-state index is 13.7. The molecule has 138 valence electrons. The van der Waals surface area contributed by atoms with Gasteiger partial charge in [-0.05, 0) is 44.9 Å². The SMILES string of the molecule is CC(=Cc1ccccc1)CC(C)(C)NC(=O)c1cnc2c(F)cccc2c1. The number of hydrogen-bond acceptors (Lipinski definition) is 2. The van der Waals surface area contributed by atoms with Crippen molar-refractivity contribution in [3.05, 3.63) is 83.3 Å². The summed E-state index contributed by atoms with van der Waals surface area (Å²) in [5.41, 5.74) is 2.58. The molecule has 0 aliphatic rings. The van der Waals surface area contributed by atoms with Gasteiger partial charge in [0.1, 0.15) is 11.3 Å². The van der Waals surface area contributed by atoms with E-state index in [0.717, 1.165) is 5.56 Å². The molecule has 0 aliphatic heterocycles. The zero-order valence-electron chi connectivity index (χ0n) is 15.8. The summed E-state index contributed by atoms with van der Waals surface area (Å²) < 4.78 is 13.7. The minimum absolute atomic E-state index is 0.217. The predicted octanol–water partition coefficient (Wildman–Crippen LogP) is 5.38. The van der Waals surface area contributed by atoms with Crippen LogP contribution in [0, 0.1) is 5.82 Å². The van der Waals surface area contributed by atoms with Gasteiger partial charge in [0.2, 0.25) is 0 Å². The average molecular weight is 362 g/mol. The summed E-state index contributed by atoms with van der Waals surface area (Å²) in [4.78, 5) is 16.8. The third kappa shape index (κ3) is 4.79. The molecule has 0 atom stereocenters. The summed E-state index contributed by atoms with van der Waals surface area (Å²) in [6, 6.07) is 16.5. The fourth-order valence-electron chi connectivity index (χ4n) is 3.25. The highest BCUT2D eigenvalue weighted by Gasteiger charge is 2.22. The zero-order chi connectivity index (χ0) is 19.4. The normalized spacial score (nSPS) is 12.2. The van der Waals surface area contributed by atoms with Crippen LogP contribution in [0.2, 0.25) is 0 Å². The summed E-state index contributed by atoms with van der Waals surface area (Å²) in [6.07, 6.45) is 4.25. The fraction of sp³-hybridized carbons (Fsp3) is 0.217. The summed E-state index contributed by atoms with van der Waals surface area (Å²) in [5, 5.41) is 3.67. The summed E-state index contributed by atoms with van der Waals surface area (Å²) in [5.74, 6) is -0.604. The molecule has 3 rings (SSSR count). The molecule has 1 N–H and O–H groups in total. The molecule has 27 heavy (non-hydrogen) atoms. The minimum atomic E-state index is -0.427. The van der Waals surface area contributed by atoms with E-state index in [2.05, 4.69) is 35.4 Å². The van der Waals surface area contributed by atoms with Gasteiger partial charge in [-0.2, -0.15) is 0 Å². The van der Waals surface area contributed by atoms with E-state index in [1.54, 1.807) is 18.2 Å². The van der Waals surface area contributed by atoms with Crippen molar-refractivity contribution in [1.29, 1.82) is 0 Å². The van der Waals surface area contributed by atoms with Crippen LogP contribution in [-0.2, 0) is 0 Å². The number of hydrogen-bond donors (Lipinski definition) is 1. The highest BCUT2D eigenvalue weighted by molar-refractivity contribution is 5.97. The number of halogens is 1. The number of para-hydroxylation sites is 1. The van der Waals surface area contributed by atoms with E-state index in [4.69, 9.17) is 0 Å². The Balaban J connectivity index is 1.73. The standard InChI is InChI=1S/C23H23FN2O/c1-16(12-17-8-5-4-6-9-17)14-23(2,3)26-22(27)19-13-18-10-7-11-20(24)21(18)25-15-19/h4-13,15H,14H2,1-3H3,(H,26,27). The molecule has 1 aromatic heterocycles. The second-order valence-corrected chi connectivity index (χ2v) is 7.45. The van der Waals surface area contributed by atoms with Crippen molar-refractivity contribution in [2.45, 2.75) is 32.7 Å². The monoisotopic (exact) mass is 362 g/mol. The molecule has 0 saturated heterocycles. The number of amides is 1. The second-order valence-electron chi connectivity index (χ2n) is 7.45. The number of aromatic nitrogens is 1. The maximum Gasteiger partial charge on any atom is 0.253 e. The number of carbonyl (C=O) groups is 1. The van der Waals surface area contributed by atoms with Crippen LogP contribution >= 0.6 is 0 Å². The Kier molecular flexibility index (Phi) is 5.36. The maximum absolute atomic E-state index is 13.7.